The van der Waals surface area contributed by atoms with Crippen LogP contribution in [0.5, 0.6) is 0 Å². The van der Waals surface area contributed by atoms with Gasteiger partial charge in [0.15, 0.2) is 0 Å². The molecule has 1 unspecified atom stereocenters. The van der Waals surface area contributed by atoms with E-state index in [-0.39, 0.29) is 0 Å². The van der Waals surface area contributed by atoms with E-state index < -0.39 is 0 Å². The van der Waals surface area contributed by atoms with Crippen LogP contribution in [0.3, 0.4) is 0 Å². The number of aryl methyl sites for hydroxylation is 1. The lowest BCUT2D eigenvalue weighted by molar-refractivity contribution is 0.477. The van der Waals surface area contributed by atoms with Crippen molar-refractivity contribution in [2.24, 2.45) is 0 Å². The third kappa shape index (κ3) is 2.40. The number of hydrogen-bond donors (Lipinski definition) is 0. The van der Waals surface area contributed by atoms with Crippen molar-refractivity contribution in [3.63, 3.8) is 0 Å². The van der Waals surface area contributed by atoms with Gasteiger partial charge in [-0.25, -0.2) is 9.97 Å². The summed E-state index contributed by atoms with van der Waals surface area (Å²) in [6.07, 6.45) is 3.74. The zero-order valence-corrected chi connectivity index (χ0v) is 9.96. The van der Waals surface area contributed by atoms with Crippen LogP contribution < -0.4 is 4.90 Å². The van der Waals surface area contributed by atoms with Gasteiger partial charge in [-0.3, -0.25) is 0 Å². The molecule has 0 N–H and O–H groups in total. The van der Waals surface area contributed by atoms with E-state index in [4.69, 9.17) is 11.6 Å². The molecular formula is C11H16ClN3. The predicted molar refractivity (Wildman–Crippen MR) is 62.4 cm³/mol. The Hall–Kier alpha value is -0.830. The largest absolute Gasteiger partial charge is 0.338 e. The van der Waals surface area contributed by atoms with Gasteiger partial charge in [0.1, 0.15) is 5.15 Å². The van der Waals surface area contributed by atoms with E-state index in [2.05, 4.69) is 21.8 Å². The predicted octanol–water partition coefficient (Wildman–Crippen LogP) is 2.82. The Balaban J connectivity index is 2.27. The lowest BCUT2D eigenvalue weighted by Crippen LogP contribution is -2.38. The molecule has 0 bridgehead atoms. The molecule has 0 aromatic carbocycles. The van der Waals surface area contributed by atoms with E-state index in [1.54, 1.807) is 6.07 Å². The standard InChI is InChI=1S/C11H16ClN3/c1-8-7-10(12)14-11(13-8)15-6-4-3-5-9(15)2/h7,9H,3-6H2,1-2H3. The number of aromatic nitrogens is 2. The van der Waals surface area contributed by atoms with Gasteiger partial charge in [-0.15, -0.1) is 0 Å². The van der Waals surface area contributed by atoms with Crippen molar-refractivity contribution < 1.29 is 0 Å². The summed E-state index contributed by atoms with van der Waals surface area (Å²) in [5, 5.41) is 0.537. The first-order valence-electron chi connectivity index (χ1n) is 5.44. The van der Waals surface area contributed by atoms with Crippen molar-refractivity contribution >= 4 is 17.5 Å². The summed E-state index contributed by atoms with van der Waals surface area (Å²) in [5.74, 6) is 0.784. The van der Waals surface area contributed by atoms with Gasteiger partial charge in [0.05, 0.1) is 0 Å². The number of rotatable bonds is 1. The van der Waals surface area contributed by atoms with Crippen LogP contribution in [-0.4, -0.2) is 22.6 Å². The smallest absolute Gasteiger partial charge is 0.227 e. The average molecular weight is 226 g/mol. The second-order valence-corrected chi connectivity index (χ2v) is 4.56. The van der Waals surface area contributed by atoms with Gasteiger partial charge in [-0.05, 0) is 39.2 Å². The monoisotopic (exact) mass is 225 g/mol. The Morgan fingerprint density at radius 1 is 1.40 bits per heavy atom. The molecule has 1 aromatic rings. The molecule has 1 saturated heterocycles. The average Bonchev–Trinajstić information content (AvgIpc) is 2.16. The van der Waals surface area contributed by atoms with Crippen LogP contribution in [0.4, 0.5) is 5.95 Å². The Labute approximate surface area is 95.5 Å². The SMILES string of the molecule is Cc1cc(Cl)nc(N2CCCCC2C)n1. The molecule has 2 heterocycles. The zero-order valence-electron chi connectivity index (χ0n) is 9.20. The molecule has 1 aromatic heterocycles. The van der Waals surface area contributed by atoms with Gasteiger partial charge in [0, 0.05) is 18.3 Å². The summed E-state index contributed by atoms with van der Waals surface area (Å²) < 4.78 is 0. The first-order chi connectivity index (χ1) is 7.16. The molecule has 1 aliphatic rings. The molecule has 0 saturated carbocycles. The summed E-state index contributed by atoms with van der Waals surface area (Å²) in [5.41, 5.74) is 0.933. The minimum atomic E-state index is 0.525. The Morgan fingerprint density at radius 2 is 2.20 bits per heavy atom. The summed E-state index contributed by atoms with van der Waals surface area (Å²) >= 11 is 5.94. The fourth-order valence-corrected chi connectivity index (χ4v) is 2.27. The zero-order chi connectivity index (χ0) is 10.8. The van der Waals surface area contributed by atoms with Crippen LogP contribution in [0.15, 0.2) is 6.07 Å². The molecule has 1 fully saturated rings. The van der Waals surface area contributed by atoms with E-state index in [0.29, 0.717) is 11.2 Å². The normalized spacial score (nSPS) is 21.8. The number of nitrogens with zero attached hydrogens (tertiary/aromatic N) is 3. The van der Waals surface area contributed by atoms with Crippen LogP contribution in [-0.2, 0) is 0 Å². The highest BCUT2D eigenvalue weighted by atomic mass is 35.5. The van der Waals surface area contributed by atoms with Gasteiger partial charge in [0.25, 0.3) is 0 Å². The lowest BCUT2D eigenvalue weighted by atomic mass is 10.0. The van der Waals surface area contributed by atoms with Crippen molar-refractivity contribution in [2.75, 3.05) is 11.4 Å². The number of hydrogen-bond acceptors (Lipinski definition) is 3. The maximum absolute atomic E-state index is 5.94. The van der Waals surface area contributed by atoms with Gasteiger partial charge >= 0.3 is 0 Å². The molecule has 3 nitrogen and oxygen atoms in total. The van der Waals surface area contributed by atoms with E-state index in [1.807, 2.05) is 6.92 Å². The van der Waals surface area contributed by atoms with E-state index >= 15 is 0 Å². The number of halogens is 1. The van der Waals surface area contributed by atoms with Crippen LogP contribution >= 0.6 is 11.6 Å². The van der Waals surface area contributed by atoms with Crippen LogP contribution in [0.1, 0.15) is 31.9 Å². The lowest BCUT2D eigenvalue weighted by Gasteiger charge is -2.33. The third-order valence-corrected chi connectivity index (χ3v) is 3.06. The molecule has 0 radical (unpaired) electrons. The molecule has 2 rings (SSSR count). The van der Waals surface area contributed by atoms with Gasteiger partial charge in [-0.1, -0.05) is 11.6 Å². The Kier molecular flexibility index (Phi) is 3.10. The molecule has 82 valence electrons. The first kappa shape index (κ1) is 10.7. The molecular weight excluding hydrogens is 210 g/mol. The fourth-order valence-electron chi connectivity index (χ4n) is 2.04. The maximum atomic E-state index is 5.94. The highest BCUT2D eigenvalue weighted by molar-refractivity contribution is 6.29. The first-order valence-corrected chi connectivity index (χ1v) is 5.82. The highest BCUT2D eigenvalue weighted by Crippen LogP contribution is 2.22. The van der Waals surface area contributed by atoms with Crippen LogP contribution in [0.2, 0.25) is 5.15 Å². The summed E-state index contributed by atoms with van der Waals surface area (Å²) in [7, 11) is 0. The fraction of sp³-hybridized carbons (Fsp3) is 0.636. The number of piperidine rings is 1. The van der Waals surface area contributed by atoms with Crippen molar-refractivity contribution in [2.45, 2.75) is 39.2 Å². The van der Waals surface area contributed by atoms with Crippen molar-refractivity contribution in [3.05, 3.63) is 16.9 Å². The molecule has 4 heteroatoms. The molecule has 1 atom stereocenters. The quantitative estimate of drug-likeness (QED) is 0.689. The topological polar surface area (TPSA) is 29.0 Å². The molecule has 1 aliphatic heterocycles. The second kappa shape index (κ2) is 4.35. The van der Waals surface area contributed by atoms with Crippen LogP contribution in [0, 0.1) is 6.92 Å². The maximum Gasteiger partial charge on any atom is 0.227 e. The summed E-state index contributed by atoms with van der Waals surface area (Å²) in [4.78, 5) is 11.0. The van der Waals surface area contributed by atoms with Gasteiger partial charge in [0.2, 0.25) is 5.95 Å². The van der Waals surface area contributed by atoms with E-state index in [1.165, 1.54) is 19.3 Å². The van der Waals surface area contributed by atoms with Gasteiger partial charge in [-0.2, -0.15) is 0 Å². The molecule has 0 amide bonds. The molecule has 15 heavy (non-hydrogen) atoms. The van der Waals surface area contributed by atoms with Crippen LogP contribution in [0.25, 0.3) is 0 Å². The minimum absolute atomic E-state index is 0.525. The van der Waals surface area contributed by atoms with E-state index in [9.17, 15) is 0 Å². The van der Waals surface area contributed by atoms with Crippen molar-refractivity contribution in [3.8, 4) is 0 Å². The highest BCUT2D eigenvalue weighted by Gasteiger charge is 2.20. The van der Waals surface area contributed by atoms with Gasteiger partial charge < -0.3 is 4.90 Å². The Bertz CT molecular complexity index is 333. The minimum Gasteiger partial charge on any atom is -0.338 e. The van der Waals surface area contributed by atoms with Crippen molar-refractivity contribution in [1.82, 2.24) is 9.97 Å². The molecule has 0 aliphatic carbocycles. The van der Waals surface area contributed by atoms with Crippen molar-refractivity contribution in [1.29, 1.82) is 0 Å². The second-order valence-electron chi connectivity index (χ2n) is 4.17. The van der Waals surface area contributed by atoms with E-state index in [0.717, 1.165) is 18.2 Å². The number of anilines is 1. The Morgan fingerprint density at radius 3 is 2.87 bits per heavy atom. The third-order valence-electron chi connectivity index (χ3n) is 2.87. The molecule has 0 spiro atoms. The summed E-state index contributed by atoms with van der Waals surface area (Å²) in [6.45, 7) is 5.21. The summed E-state index contributed by atoms with van der Waals surface area (Å²) in [6, 6.07) is 2.32.